The number of non-ortho nitro benzene ring substituents is 1. The molecule has 0 bridgehead atoms. The van der Waals surface area contributed by atoms with E-state index in [4.69, 9.17) is 16.3 Å². The smallest absolute Gasteiger partial charge is 0.269 e. The maximum atomic E-state index is 13.2. The highest BCUT2D eigenvalue weighted by molar-refractivity contribution is 6.31. The van der Waals surface area contributed by atoms with Gasteiger partial charge in [-0.1, -0.05) is 23.7 Å². The van der Waals surface area contributed by atoms with Crippen LogP contribution in [0.2, 0.25) is 5.02 Å². The van der Waals surface area contributed by atoms with Crippen LogP contribution in [0.4, 0.5) is 15.8 Å². The third kappa shape index (κ3) is 5.18. The van der Waals surface area contributed by atoms with Gasteiger partial charge in [0, 0.05) is 24.4 Å². The van der Waals surface area contributed by atoms with E-state index in [0.717, 1.165) is 16.8 Å². The Labute approximate surface area is 160 Å². The number of nitrogens with one attached hydrogen (secondary N) is 1. The van der Waals surface area contributed by atoms with Crippen molar-refractivity contribution in [1.29, 1.82) is 0 Å². The fourth-order valence-electron chi connectivity index (χ4n) is 2.44. The second-order valence-corrected chi connectivity index (χ2v) is 6.25. The molecular formula is C20H16ClFN2O3. The third-order valence-electron chi connectivity index (χ3n) is 3.87. The van der Waals surface area contributed by atoms with E-state index >= 15 is 0 Å². The molecule has 0 saturated carbocycles. The third-order valence-corrected chi connectivity index (χ3v) is 4.16. The average molecular weight is 387 g/mol. The molecule has 5 nitrogen and oxygen atoms in total. The van der Waals surface area contributed by atoms with Gasteiger partial charge in [-0.25, -0.2) is 4.39 Å². The fourth-order valence-corrected chi connectivity index (χ4v) is 2.62. The lowest BCUT2D eigenvalue weighted by molar-refractivity contribution is -0.384. The molecule has 0 aliphatic heterocycles. The van der Waals surface area contributed by atoms with E-state index in [1.54, 1.807) is 18.2 Å². The minimum Gasteiger partial charge on any atom is -0.489 e. The SMILES string of the molecule is O=[N+]([O-])c1ccc(COc2cccc(CNc3ccc(F)c(Cl)c3)c2)cc1. The largest absolute Gasteiger partial charge is 0.489 e. The monoisotopic (exact) mass is 386 g/mol. The van der Waals surface area contributed by atoms with E-state index in [0.29, 0.717) is 18.9 Å². The highest BCUT2D eigenvalue weighted by atomic mass is 35.5. The summed E-state index contributed by atoms with van der Waals surface area (Å²) in [6, 6.07) is 18.3. The van der Waals surface area contributed by atoms with Crippen molar-refractivity contribution in [2.24, 2.45) is 0 Å². The lowest BCUT2D eigenvalue weighted by atomic mass is 10.2. The highest BCUT2D eigenvalue weighted by Crippen LogP contribution is 2.21. The molecule has 27 heavy (non-hydrogen) atoms. The molecule has 3 aromatic carbocycles. The Hall–Kier alpha value is -3.12. The number of halogens is 2. The zero-order chi connectivity index (χ0) is 19.2. The topological polar surface area (TPSA) is 64.4 Å². The summed E-state index contributed by atoms with van der Waals surface area (Å²) in [6.07, 6.45) is 0. The Balaban J connectivity index is 1.58. The van der Waals surface area contributed by atoms with Crippen LogP contribution in [-0.2, 0) is 13.2 Å². The maximum absolute atomic E-state index is 13.2. The number of hydrogen-bond acceptors (Lipinski definition) is 4. The first-order chi connectivity index (χ1) is 13.0. The second-order valence-electron chi connectivity index (χ2n) is 5.84. The number of hydrogen-bond donors (Lipinski definition) is 1. The normalized spacial score (nSPS) is 10.4. The molecule has 0 amide bonds. The molecule has 0 saturated heterocycles. The van der Waals surface area contributed by atoms with Gasteiger partial charge in [-0.05, 0) is 53.6 Å². The molecule has 0 aromatic heterocycles. The molecule has 0 radical (unpaired) electrons. The summed E-state index contributed by atoms with van der Waals surface area (Å²) < 4.78 is 18.9. The van der Waals surface area contributed by atoms with Crippen molar-refractivity contribution in [3.8, 4) is 5.75 Å². The van der Waals surface area contributed by atoms with Crippen LogP contribution >= 0.6 is 11.6 Å². The van der Waals surface area contributed by atoms with E-state index in [2.05, 4.69) is 5.32 Å². The summed E-state index contributed by atoms with van der Waals surface area (Å²) >= 11 is 5.78. The Morgan fingerprint density at radius 1 is 1.04 bits per heavy atom. The second kappa shape index (κ2) is 8.51. The lowest BCUT2D eigenvalue weighted by Crippen LogP contribution is -2.01. The molecule has 0 aliphatic carbocycles. The van der Waals surface area contributed by atoms with Crippen molar-refractivity contribution in [3.63, 3.8) is 0 Å². The van der Waals surface area contributed by atoms with Crippen LogP contribution in [-0.4, -0.2) is 4.92 Å². The zero-order valence-electron chi connectivity index (χ0n) is 14.2. The van der Waals surface area contributed by atoms with E-state index in [1.165, 1.54) is 24.3 Å². The molecule has 3 aromatic rings. The Bertz CT molecular complexity index is 948. The highest BCUT2D eigenvalue weighted by Gasteiger charge is 2.05. The summed E-state index contributed by atoms with van der Waals surface area (Å²) in [6.45, 7) is 0.832. The van der Waals surface area contributed by atoms with Gasteiger partial charge in [0.2, 0.25) is 0 Å². The number of ether oxygens (including phenoxy) is 1. The molecule has 7 heteroatoms. The van der Waals surface area contributed by atoms with Crippen LogP contribution in [0.15, 0.2) is 66.7 Å². The number of nitro groups is 1. The van der Waals surface area contributed by atoms with Crippen LogP contribution in [0.3, 0.4) is 0 Å². The number of nitrogens with zero attached hydrogens (tertiary/aromatic N) is 1. The van der Waals surface area contributed by atoms with Crippen LogP contribution in [0.25, 0.3) is 0 Å². The van der Waals surface area contributed by atoms with Crippen molar-refractivity contribution in [2.75, 3.05) is 5.32 Å². The first-order valence-corrected chi connectivity index (χ1v) is 8.53. The van der Waals surface area contributed by atoms with Crippen LogP contribution < -0.4 is 10.1 Å². The van der Waals surface area contributed by atoms with Crippen LogP contribution in [0, 0.1) is 15.9 Å². The Morgan fingerprint density at radius 2 is 1.81 bits per heavy atom. The van der Waals surface area contributed by atoms with Gasteiger partial charge in [-0.3, -0.25) is 10.1 Å². The maximum Gasteiger partial charge on any atom is 0.269 e. The van der Waals surface area contributed by atoms with Gasteiger partial charge in [-0.15, -0.1) is 0 Å². The van der Waals surface area contributed by atoms with Gasteiger partial charge in [0.1, 0.15) is 18.2 Å². The van der Waals surface area contributed by atoms with Gasteiger partial charge in [0.15, 0.2) is 0 Å². The summed E-state index contributed by atoms with van der Waals surface area (Å²) in [4.78, 5) is 10.2. The van der Waals surface area contributed by atoms with E-state index in [-0.39, 0.29) is 10.7 Å². The lowest BCUT2D eigenvalue weighted by Gasteiger charge is -2.10. The number of nitro benzene ring substituents is 1. The van der Waals surface area contributed by atoms with E-state index < -0.39 is 10.7 Å². The number of benzene rings is 3. The predicted molar refractivity (Wildman–Crippen MR) is 103 cm³/mol. The number of anilines is 1. The Kier molecular flexibility index (Phi) is 5.88. The first kappa shape index (κ1) is 18.7. The molecule has 0 atom stereocenters. The molecule has 3 rings (SSSR count). The molecule has 0 unspecified atom stereocenters. The van der Waals surface area contributed by atoms with E-state index in [1.807, 2.05) is 24.3 Å². The van der Waals surface area contributed by atoms with Crippen molar-refractivity contribution in [2.45, 2.75) is 13.2 Å². The van der Waals surface area contributed by atoms with Gasteiger partial charge in [-0.2, -0.15) is 0 Å². The summed E-state index contributed by atoms with van der Waals surface area (Å²) in [7, 11) is 0. The predicted octanol–water partition coefficient (Wildman–Crippen LogP) is 5.58. The molecule has 0 aliphatic rings. The molecular weight excluding hydrogens is 371 g/mol. The zero-order valence-corrected chi connectivity index (χ0v) is 14.9. The van der Waals surface area contributed by atoms with Crippen molar-refractivity contribution < 1.29 is 14.1 Å². The molecule has 1 N–H and O–H groups in total. The van der Waals surface area contributed by atoms with Crippen molar-refractivity contribution in [3.05, 3.63) is 98.8 Å². The van der Waals surface area contributed by atoms with E-state index in [9.17, 15) is 14.5 Å². The van der Waals surface area contributed by atoms with Crippen LogP contribution in [0.5, 0.6) is 5.75 Å². The minimum atomic E-state index is -0.455. The molecule has 0 heterocycles. The van der Waals surface area contributed by atoms with Gasteiger partial charge in [0.05, 0.1) is 9.95 Å². The Morgan fingerprint density at radius 3 is 2.52 bits per heavy atom. The molecule has 0 fully saturated rings. The van der Waals surface area contributed by atoms with Crippen LogP contribution in [0.1, 0.15) is 11.1 Å². The fraction of sp³-hybridized carbons (Fsp3) is 0.100. The summed E-state index contributed by atoms with van der Waals surface area (Å²) in [5, 5.41) is 13.9. The van der Waals surface area contributed by atoms with Gasteiger partial charge in [0.25, 0.3) is 5.69 Å². The van der Waals surface area contributed by atoms with Crippen molar-refractivity contribution >= 4 is 23.0 Å². The van der Waals surface area contributed by atoms with Gasteiger partial charge < -0.3 is 10.1 Å². The molecule has 138 valence electrons. The summed E-state index contributed by atoms with van der Waals surface area (Å²) in [5.41, 5.74) is 2.59. The summed E-state index contributed by atoms with van der Waals surface area (Å²) in [5.74, 6) is 0.230. The quantitative estimate of drug-likeness (QED) is 0.425. The first-order valence-electron chi connectivity index (χ1n) is 8.15. The standard InChI is InChI=1S/C20H16ClFN2O3/c21-19-11-16(6-9-20(19)22)23-12-15-2-1-3-18(10-15)27-13-14-4-7-17(8-5-14)24(25)26/h1-11,23H,12-13H2. The van der Waals surface area contributed by atoms with Gasteiger partial charge >= 0.3 is 0 Å². The van der Waals surface area contributed by atoms with Crippen molar-refractivity contribution in [1.82, 2.24) is 0 Å². The average Bonchev–Trinajstić information content (AvgIpc) is 2.68. The molecule has 0 spiro atoms. The minimum absolute atomic E-state index is 0.0488. The number of rotatable bonds is 7.